The molecule has 1 atom stereocenters. The van der Waals surface area contributed by atoms with Gasteiger partial charge < -0.3 is 14.4 Å². The third-order valence-corrected chi connectivity index (χ3v) is 8.71. The number of amides is 1. The molecule has 0 rings (SSSR count). The van der Waals surface area contributed by atoms with Crippen molar-refractivity contribution in [1.82, 2.24) is 4.90 Å². The van der Waals surface area contributed by atoms with Crippen LogP contribution in [0, 0.1) is 4.91 Å². The lowest BCUT2D eigenvalue weighted by Gasteiger charge is -2.22. The van der Waals surface area contributed by atoms with E-state index in [4.69, 9.17) is 9.47 Å². The normalized spacial score (nSPS) is 11.9. The number of hydrogen-bond acceptors (Lipinski definition) is 8. The Bertz CT molecular complexity index is 764. The average molecular weight is 655 g/mol. The molecule has 0 N–H and O–H groups in total. The second-order valence-electron chi connectivity index (χ2n) is 12.0. The van der Waals surface area contributed by atoms with E-state index in [-0.39, 0.29) is 49.3 Å². The van der Waals surface area contributed by atoms with Crippen molar-refractivity contribution in [3.8, 4) is 0 Å². The number of rotatable bonds is 32. The lowest BCUT2D eigenvalue weighted by Crippen LogP contribution is -2.31. The van der Waals surface area contributed by atoms with Gasteiger partial charge in [0.1, 0.15) is 12.7 Å². The molecular weight excluding hydrogens is 588 g/mol. The first-order valence-electron chi connectivity index (χ1n) is 18.2. The van der Waals surface area contributed by atoms with Crippen LogP contribution in [-0.4, -0.2) is 60.2 Å². The van der Waals surface area contributed by atoms with Crippen molar-refractivity contribution in [2.45, 2.75) is 168 Å². The minimum atomic E-state index is -0.287. The molecule has 0 saturated heterocycles. The molecule has 0 radical (unpaired) electrons. The van der Waals surface area contributed by atoms with E-state index in [0.29, 0.717) is 31.7 Å². The molecule has 0 fully saturated rings. The first-order chi connectivity index (χ1) is 22.0. The highest BCUT2D eigenvalue weighted by molar-refractivity contribution is 8.13. The fourth-order valence-corrected chi connectivity index (χ4v) is 5.81. The largest absolute Gasteiger partial charge is 0.462 e. The molecule has 0 aliphatic heterocycles. The molecule has 0 heterocycles. The molecule has 45 heavy (non-hydrogen) atoms. The van der Waals surface area contributed by atoms with E-state index in [1.165, 1.54) is 77.0 Å². The van der Waals surface area contributed by atoms with E-state index in [1.54, 1.807) is 4.90 Å². The Morgan fingerprint density at radius 1 is 0.689 bits per heavy atom. The molecule has 1 amide bonds. The van der Waals surface area contributed by atoms with Gasteiger partial charge in [0.2, 0.25) is 0 Å². The molecule has 0 aromatic heterocycles. The number of hydrogen-bond donors (Lipinski definition) is 0. The van der Waals surface area contributed by atoms with Crippen LogP contribution < -0.4 is 0 Å². The van der Waals surface area contributed by atoms with Gasteiger partial charge in [-0.2, -0.15) is 4.91 Å². The van der Waals surface area contributed by atoms with E-state index in [2.05, 4.69) is 32.0 Å². The highest BCUT2D eigenvalue weighted by Gasteiger charge is 2.18. The van der Waals surface area contributed by atoms with Crippen LogP contribution in [0.5, 0.6) is 0 Å². The van der Waals surface area contributed by atoms with Crippen LogP contribution in [0.15, 0.2) is 17.3 Å². The SMILES string of the molecule is CCCCCC/C=C\COC(=O)CCCN(CCCC(=O)OC(CCCCCCC)CCCCCCCC)C(=O)SCCN=O. The lowest BCUT2D eigenvalue weighted by atomic mass is 10.0. The minimum Gasteiger partial charge on any atom is -0.462 e. The van der Waals surface area contributed by atoms with Gasteiger partial charge in [-0.25, -0.2) is 0 Å². The van der Waals surface area contributed by atoms with Crippen LogP contribution >= 0.6 is 11.8 Å². The smallest absolute Gasteiger partial charge is 0.306 e. The maximum absolute atomic E-state index is 12.8. The predicted octanol–water partition coefficient (Wildman–Crippen LogP) is 10.6. The van der Waals surface area contributed by atoms with Crippen molar-refractivity contribution < 1.29 is 23.9 Å². The second-order valence-corrected chi connectivity index (χ2v) is 13.1. The number of esters is 2. The van der Waals surface area contributed by atoms with Crippen molar-refractivity contribution in [1.29, 1.82) is 0 Å². The molecule has 0 saturated carbocycles. The summed E-state index contributed by atoms with van der Waals surface area (Å²) in [5, 5.41) is 2.66. The van der Waals surface area contributed by atoms with Crippen LogP contribution in [0.2, 0.25) is 0 Å². The third-order valence-electron chi connectivity index (χ3n) is 7.82. The van der Waals surface area contributed by atoms with E-state index >= 15 is 0 Å². The highest BCUT2D eigenvalue weighted by Crippen LogP contribution is 2.18. The lowest BCUT2D eigenvalue weighted by molar-refractivity contribution is -0.150. The number of carbonyl (C=O) groups excluding carboxylic acids is 3. The Morgan fingerprint density at radius 2 is 1.22 bits per heavy atom. The monoisotopic (exact) mass is 654 g/mol. The maximum atomic E-state index is 12.8. The number of nitrogens with zero attached hydrogens (tertiary/aromatic N) is 2. The average Bonchev–Trinajstić information content (AvgIpc) is 3.03. The fourth-order valence-electron chi connectivity index (χ4n) is 5.11. The van der Waals surface area contributed by atoms with Gasteiger partial charge in [0, 0.05) is 31.7 Å². The van der Waals surface area contributed by atoms with Crippen molar-refractivity contribution in [2.75, 3.05) is 32.0 Å². The van der Waals surface area contributed by atoms with Gasteiger partial charge in [0.15, 0.2) is 0 Å². The third kappa shape index (κ3) is 29.3. The number of thioether (sulfide) groups is 1. The Morgan fingerprint density at radius 3 is 1.80 bits per heavy atom. The van der Waals surface area contributed by atoms with Crippen molar-refractivity contribution in [3.05, 3.63) is 17.1 Å². The molecule has 0 aromatic carbocycles. The van der Waals surface area contributed by atoms with Gasteiger partial charge >= 0.3 is 11.9 Å². The first kappa shape index (κ1) is 43.1. The molecule has 8 nitrogen and oxygen atoms in total. The maximum Gasteiger partial charge on any atom is 0.306 e. The summed E-state index contributed by atoms with van der Waals surface area (Å²) in [5.74, 6) is -0.177. The van der Waals surface area contributed by atoms with Crippen LogP contribution in [0.3, 0.4) is 0 Å². The van der Waals surface area contributed by atoms with Gasteiger partial charge in [0.25, 0.3) is 5.24 Å². The molecule has 0 aliphatic rings. The van der Waals surface area contributed by atoms with Gasteiger partial charge in [-0.05, 0) is 51.4 Å². The first-order valence-corrected chi connectivity index (χ1v) is 19.2. The highest BCUT2D eigenvalue weighted by atomic mass is 32.2. The van der Waals surface area contributed by atoms with Crippen LogP contribution in [0.4, 0.5) is 4.79 Å². The van der Waals surface area contributed by atoms with Gasteiger partial charge in [-0.1, -0.05) is 127 Å². The minimum absolute atomic E-state index is 0.0312. The standard InChI is InChI=1S/C36H66N2O6S/c1-4-7-10-13-15-18-21-31-43-34(39)26-22-29-38(36(41)45-32-28-37-42)30-23-27-35(40)44-33(24-19-16-12-9-6-3)25-20-17-14-11-8-5-2/h18,21,33H,4-17,19-20,22-32H2,1-3H3/b21-18-. The number of unbranched alkanes of at least 4 members (excludes halogenated alkanes) is 13. The molecular formula is C36H66N2O6S. The van der Waals surface area contributed by atoms with Crippen molar-refractivity contribution in [3.63, 3.8) is 0 Å². The van der Waals surface area contributed by atoms with Crippen molar-refractivity contribution in [2.24, 2.45) is 5.18 Å². The second kappa shape index (κ2) is 33.5. The zero-order valence-corrected chi connectivity index (χ0v) is 29.9. The number of ether oxygens (including phenoxy) is 2. The summed E-state index contributed by atoms with van der Waals surface area (Å²) in [6.07, 6.45) is 26.3. The number of nitroso groups, excluding NO2 is 1. The van der Waals surface area contributed by atoms with E-state index in [0.717, 1.165) is 50.3 Å². The van der Waals surface area contributed by atoms with E-state index < -0.39 is 0 Å². The Kier molecular flexibility index (Phi) is 32.1. The molecule has 0 aromatic rings. The van der Waals surface area contributed by atoms with E-state index in [1.807, 2.05) is 6.08 Å². The molecule has 1 unspecified atom stereocenters. The summed E-state index contributed by atoms with van der Waals surface area (Å²) in [5.41, 5.74) is 0. The summed E-state index contributed by atoms with van der Waals surface area (Å²) < 4.78 is 11.2. The topological polar surface area (TPSA) is 102 Å². The molecule has 9 heteroatoms. The molecule has 0 spiro atoms. The van der Waals surface area contributed by atoms with E-state index in [9.17, 15) is 19.3 Å². The Hall–Kier alpha value is -1.90. The Balaban J connectivity index is 4.67. The zero-order valence-electron chi connectivity index (χ0n) is 29.1. The van der Waals surface area contributed by atoms with Gasteiger partial charge in [-0.15, -0.1) is 0 Å². The van der Waals surface area contributed by atoms with Crippen LogP contribution in [0.25, 0.3) is 0 Å². The van der Waals surface area contributed by atoms with Gasteiger partial charge in [-0.3, -0.25) is 14.4 Å². The Labute approximate surface area is 279 Å². The summed E-state index contributed by atoms with van der Waals surface area (Å²) >= 11 is 1.05. The van der Waals surface area contributed by atoms with Crippen LogP contribution in [-0.2, 0) is 19.1 Å². The number of carbonyl (C=O) groups is 3. The van der Waals surface area contributed by atoms with Crippen LogP contribution in [0.1, 0.15) is 162 Å². The van der Waals surface area contributed by atoms with Gasteiger partial charge in [0.05, 0.1) is 6.54 Å². The summed E-state index contributed by atoms with van der Waals surface area (Å²) in [6.45, 7) is 7.73. The summed E-state index contributed by atoms with van der Waals surface area (Å²) in [7, 11) is 0. The summed E-state index contributed by atoms with van der Waals surface area (Å²) in [4.78, 5) is 49.9. The summed E-state index contributed by atoms with van der Waals surface area (Å²) in [6, 6.07) is 0. The molecule has 0 bridgehead atoms. The van der Waals surface area contributed by atoms with Crippen molar-refractivity contribution >= 4 is 28.9 Å². The quantitative estimate of drug-likeness (QED) is 0.0308. The zero-order chi connectivity index (χ0) is 33.2. The molecule has 262 valence electrons. The number of allylic oxidation sites excluding steroid dienone is 1. The molecule has 0 aliphatic carbocycles. The predicted molar refractivity (Wildman–Crippen MR) is 189 cm³/mol. The fraction of sp³-hybridized carbons (Fsp3) is 0.861.